The van der Waals surface area contributed by atoms with Gasteiger partial charge < -0.3 is 4.74 Å². The molecule has 1 aromatic heterocycles. The van der Waals surface area contributed by atoms with E-state index in [1.807, 2.05) is 20.8 Å². The SMILES string of the molecule is CCOC(c1cnc(F)nc1)C(C)C. The van der Waals surface area contributed by atoms with Crippen LogP contribution in [0.3, 0.4) is 0 Å². The highest BCUT2D eigenvalue weighted by Gasteiger charge is 2.16. The van der Waals surface area contributed by atoms with Crippen LogP contribution in [-0.2, 0) is 4.74 Å². The Morgan fingerprint density at radius 3 is 2.36 bits per heavy atom. The summed E-state index contributed by atoms with van der Waals surface area (Å²) in [6.45, 7) is 6.65. The zero-order valence-electron chi connectivity index (χ0n) is 8.70. The Bertz CT molecular complexity index is 274. The molecule has 1 rings (SSSR count). The molecule has 0 fully saturated rings. The lowest BCUT2D eigenvalue weighted by atomic mass is 10.0. The van der Waals surface area contributed by atoms with E-state index in [9.17, 15) is 4.39 Å². The van der Waals surface area contributed by atoms with Gasteiger partial charge in [0.1, 0.15) is 0 Å². The Kier molecular flexibility index (Phi) is 3.95. The van der Waals surface area contributed by atoms with Crippen LogP contribution < -0.4 is 0 Å². The van der Waals surface area contributed by atoms with E-state index in [-0.39, 0.29) is 6.10 Å². The van der Waals surface area contributed by atoms with Gasteiger partial charge >= 0.3 is 6.08 Å². The third-order valence-electron chi connectivity index (χ3n) is 1.92. The molecule has 1 unspecified atom stereocenters. The van der Waals surface area contributed by atoms with Gasteiger partial charge in [0.15, 0.2) is 0 Å². The van der Waals surface area contributed by atoms with Crippen LogP contribution in [0.5, 0.6) is 0 Å². The fourth-order valence-electron chi connectivity index (χ4n) is 1.32. The van der Waals surface area contributed by atoms with Gasteiger partial charge in [0, 0.05) is 24.6 Å². The Morgan fingerprint density at radius 2 is 1.93 bits per heavy atom. The summed E-state index contributed by atoms with van der Waals surface area (Å²) < 4.78 is 18.0. The summed E-state index contributed by atoms with van der Waals surface area (Å²) in [5.74, 6) is 0.323. The fourth-order valence-corrected chi connectivity index (χ4v) is 1.32. The molecule has 1 atom stereocenters. The van der Waals surface area contributed by atoms with Crippen molar-refractivity contribution in [3.63, 3.8) is 0 Å². The van der Waals surface area contributed by atoms with Crippen LogP contribution in [0, 0.1) is 12.0 Å². The van der Waals surface area contributed by atoms with E-state index in [2.05, 4.69) is 9.97 Å². The molecule has 0 N–H and O–H groups in total. The molecule has 0 aliphatic rings. The first-order valence-electron chi connectivity index (χ1n) is 4.74. The van der Waals surface area contributed by atoms with Gasteiger partial charge in [-0.3, -0.25) is 0 Å². The third kappa shape index (κ3) is 2.73. The van der Waals surface area contributed by atoms with Gasteiger partial charge in [-0.1, -0.05) is 13.8 Å². The fraction of sp³-hybridized carbons (Fsp3) is 0.600. The van der Waals surface area contributed by atoms with Crippen molar-refractivity contribution in [2.45, 2.75) is 26.9 Å². The molecule has 0 spiro atoms. The summed E-state index contributed by atoms with van der Waals surface area (Å²) in [4.78, 5) is 7.01. The topological polar surface area (TPSA) is 35.0 Å². The quantitative estimate of drug-likeness (QED) is 0.696. The molecule has 1 aromatic rings. The minimum atomic E-state index is -0.701. The van der Waals surface area contributed by atoms with Gasteiger partial charge in [0.25, 0.3) is 0 Å². The highest BCUT2D eigenvalue weighted by Crippen LogP contribution is 2.24. The van der Waals surface area contributed by atoms with Crippen LogP contribution in [0.4, 0.5) is 4.39 Å². The largest absolute Gasteiger partial charge is 0.373 e. The van der Waals surface area contributed by atoms with E-state index in [4.69, 9.17) is 4.74 Å². The minimum Gasteiger partial charge on any atom is -0.373 e. The van der Waals surface area contributed by atoms with E-state index in [1.54, 1.807) is 0 Å². The van der Waals surface area contributed by atoms with Gasteiger partial charge in [-0.15, -0.1) is 0 Å². The summed E-state index contributed by atoms with van der Waals surface area (Å²) in [6, 6.07) is 0. The second-order valence-corrected chi connectivity index (χ2v) is 3.41. The molecule has 0 aliphatic carbocycles. The van der Waals surface area contributed by atoms with Crippen molar-refractivity contribution < 1.29 is 9.13 Å². The van der Waals surface area contributed by atoms with E-state index in [0.717, 1.165) is 5.56 Å². The van der Waals surface area contributed by atoms with Crippen molar-refractivity contribution in [3.05, 3.63) is 24.0 Å². The predicted molar refractivity (Wildman–Crippen MR) is 51.2 cm³/mol. The highest BCUT2D eigenvalue weighted by atomic mass is 19.1. The van der Waals surface area contributed by atoms with E-state index >= 15 is 0 Å². The van der Waals surface area contributed by atoms with Crippen molar-refractivity contribution >= 4 is 0 Å². The summed E-state index contributed by atoms with van der Waals surface area (Å²) in [5, 5.41) is 0. The molecule has 0 aliphatic heterocycles. The number of hydrogen-bond acceptors (Lipinski definition) is 3. The standard InChI is InChI=1S/C10H15FN2O/c1-4-14-9(7(2)3)8-5-12-10(11)13-6-8/h5-7,9H,4H2,1-3H3. The number of ether oxygens (including phenoxy) is 1. The zero-order valence-corrected chi connectivity index (χ0v) is 8.70. The van der Waals surface area contributed by atoms with Crippen LogP contribution in [0.1, 0.15) is 32.4 Å². The molecule has 0 saturated heterocycles. The number of hydrogen-bond donors (Lipinski definition) is 0. The molecule has 0 bridgehead atoms. The van der Waals surface area contributed by atoms with Crippen LogP contribution in [0.25, 0.3) is 0 Å². The first kappa shape index (κ1) is 11.0. The second-order valence-electron chi connectivity index (χ2n) is 3.41. The molecule has 0 amide bonds. The monoisotopic (exact) mass is 198 g/mol. The van der Waals surface area contributed by atoms with Crippen molar-refractivity contribution in [2.24, 2.45) is 5.92 Å². The number of aromatic nitrogens is 2. The van der Waals surface area contributed by atoms with Crippen molar-refractivity contribution in [1.82, 2.24) is 9.97 Å². The smallest absolute Gasteiger partial charge is 0.308 e. The van der Waals surface area contributed by atoms with Crippen molar-refractivity contribution in [2.75, 3.05) is 6.61 Å². The number of halogens is 1. The maximum atomic E-state index is 12.5. The summed E-state index contributed by atoms with van der Waals surface area (Å²) >= 11 is 0. The minimum absolute atomic E-state index is 0.0550. The second kappa shape index (κ2) is 5.00. The molecular formula is C10H15FN2O. The van der Waals surface area contributed by atoms with E-state index < -0.39 is 6.08 Å². The Morgan fingerprint density at radius 1 is 1.36 bits per heavy atom. The van der Waals surface area contributed by atoms with Crippen LogP contribution in [-0.4, -0.2) is 16.6 Å². The van der Waals surface area contributed by atoms with Gasteiger partial charge in [0.05, 0.1) is 6.10 Å². The van der Waals surface area contributed by atoms with Crippen LogP contribution >= 0.6 is 0 Å². The maximum absolute atomic E-state index is 12.5. The third-order valence-corrected chi connectivity index (χ3v) is 1.92. The molecule has 14 heavy (non-hydrogen) atoms. The van der Waals surface area contributed by atoms with Gasteiger partial charge in [-0.2, -0.15) is 4.39 Å². The van der Waals surface area contributed by atoms with E-state index in [1.165, 1.54) is 12.4 Å². The molecule has 0 radical (unpaired) electrons. The molecule has 3 nitrogen and oxygen atoms in total. The van der Waals surface area contributed by atoms with Crippen LogP contribution in [0.2, 0.25) is 0 Å². The number of nitrogens with zero attached hydrogens (tertiary/aromatic N) is 2. The van der Waals surface area contributed by atoms with Crippen molar-refractivity contribution in [1.29, 1.82) is 0 Å². The maximum Gasteiger partial charge on any atom is 0.308 e. The molecule has 1 heterocycles. The Balaban J connectivity index is 2.82. The van der Waals surface area contributed by atoms with E-state index in [0.29, 0.717) is 12.5 Å². The lowest BCUT2D eigenvalue weighted by Gasteiger charge is -2.20. The first-order chi connectivity index (χ1) is 6.65. The predicted octanol–water partition coefficient (Wildman–Crippen LogP) is 2.35. The Labute approximate surface area is 83.3 Å². The van der Waals surface area contributed by atoms with Crippen molar-refractivity contribution in [3.8, 4) is 0 Å². The average Bonchev–Trinajstić information content (AvgIpc) is 2.15. The lowest BCUT2D eigenvalue weighted by molar-refractivity contribution is 0.0288. The molecular weight excluding hydrogens is 183 g/mol. The normalized spacial score (nSPS) is 13.2. The zero-order chi connectivity index (χ0) is 10.6. The summed E-state index contributed by atoms with van der Waals surface area (Å²) in [6.07, 6.45) is 2.19. The summed E-state index contributed by atoms with van der Waals surface area (Å²) in [7, 11) is 0. The first-order valence-corrected chi connectivity index (χ1v) is 4.74. The average molecular weight is 198 g/mol. The molecule has 0 saturated carbocycles. The number of rotatable bonds is 4. The summed E-state index contributed by atoms with van der Waals surface area (Å²) in [5.41, 5.74) is 0.822. The molecule has 4 heteroatoms. The van der Waals surface area contributed by atoms with Gasteiger partial charge in [0.2, 0.25) is 0 Å². The van der Waals surface area contributed by atoms with Crippen LogP contribution in [0.15, 0.2) is 12.4 Å². The lowest BCUT2D eigenvalue weighted by Crippen LogP contribution is -2.12. The molecule has 78 valence electrons. The Hall–Kier alpha value is -1.03. The highest BCUT2D eigenvalue weighted by molar-refractivity contribution is 5.08. The molecule has 0 aromatic carbocycles. The van der Waals surface area contributed by atoms with Gasteiger partial charge in [-0.25, -0.2) is 9.97 Å². The van der Waals surface area contributed by atoms with Gasteiger partial charge in [-0.05, 0) is 12.8 Å².